The van der Waals surface area contributed by atoms with Crippen LogP contribution in [0.3, 0.4) is 0 Å². The molecule has 0 bridgehead atoms. The second-order valence-electron chi connectivity index (χ2n) is 7.19. The van der Waals surface area contributed by atoms with Crippen molar-refractivity contribution in [2.45, 2.75) is 23.9 Å². The van der Waals surface area contributed by atoms with Gasteiger partial charge in [-0.2, -0.15) is 0 Å². The number of carbonyl (C=O) groups is 1. The first-order valence-electron chi connectivity index (χ1n) is 9.57. The molecule has 1 saturated heterocycles. The topological polar surface area (TPSA) is 61.9 Å². The minimum absolute atomic E-state index is 0.152. The Kier molecular flexibility index (Phi) is 5.20. The number of rotatable bonds is 4. The zero-order valence-corrected chi connectivity index (χ0v) is 18.0. The lowest BCUT2D eigenvalue weighted by atomic mass is 9.99. The molecule has 29 heavy (non-hydrogen) atoms. The summed E-state index contributed by atoms with van der Waals surface area (Å²) in [7, 11) is 0. The number of imidazole rings is 1. The van der Waals surface area contributed by atoms with Crippen molar-refractivity contribution < 1.29 is 4.79 Å². The Morgan fingerprint density at radius 3 is 3.03 bits per heavy atom. The lowest BCUT2D eigenvalue weighted by Crippen LogP contribution is -2.40. The van der Waals surface area contributed by atoms with Crippen LogP contribution in [0, 0.1) is 0 Å². The molecule has 1 atom stereocenters. The lowest BCUT2D eigenvalue weighted by Gasteiger charge is -2.31. The van der Waals surface area contributed by atoms with Crippen LogP contribution in [0.25, 0.3) is 21.3 Å². The number of aromatic amines is 1. The maximum absolute atomic E-state index is 12.8. The first kappa shape index (κ1) is 18.9. The van der Waals surface area contributed by atoms with Gasteiger partial charge in [0.25, 0.3) is 0 Å². The molecule has 0 aliphatic carbocycles. The van der Waals surface area contributed by atoms with E-state index in [9.17, 15) is 4.79 Å². The maximum Gasteiger partial charge on any atom is 0.233 e. The maximum atomic E-state index is 12.8. The summed E-state index contributed by atoms with van der Waals surface area (Å²) in [6, 6.07) is 13.8. The number of nitrogens with one attached hydrogen (secondary N) is 1. The zero-order valence-electron chi connectivity index (χ0n) is 15.6. The normalized spacial score (nSPS) is 17.3. The Bertz CT molecular complexity index is 1150. The first-order valence-corrected chi connectivity index (χ1v) is 11.7. The number of amides is 1. The van der Waals surface area contributed by atoms with Gasteiger partial charge in [0.1, 0.15) is 0 Å². The fraction of sp³-hybridized carbons (Fsp3) is 0.286. The summed E-state index contributed by atoms with van der Waals surface area (Å²) in [6.07, 6.45) is 2.10. The van der Waals surface area contributed by atoms with Crippen LogP contribution in [0.5, 0.6) is 0 Å². The fourth-order valence-corrected chi connectivity index (χ4v) is 5.77. The van der Waals surface area contributed by atoms with E-state index >= 15 is 0 Å². The van der Waals surface area contributed by atoms with Crippen LogP contribution >= 0.6 is 34.7 Å². The van der Waals surface area contributed by atoms with Gasteiger partial charge in [-0.15, -0.1) is 11.3 Å². The van der Waals surface area contributed by atoms with Crippen LogP contribution in [0.2, 0.25) is 5.02 Å². The number of thiazole rings is 1. The highest BCUT2D eigenvalue weighted by atomic mass is 35.5. The van der Waals surface area contributed by atoms with Gasteiger partial charge in [0, 0.05) is 24.0 Å². The van der Waals surface area contributed by atoms with Crippen molar-refractivity contribution in [2.24, 2.45) is 0 Å². The fourth-order valence-electron chi connectivity index (χ4n) is 3.72. The van der Waals surface area contributed by atoms with Crippen molar-refractivity contribution >= 4 is 61.9 Å². The molecule has 5 rings (SSSR count). The van der Waals surface area contributed by atoms with E-state index in [2.05, 4.69) is 22.1 Å². The molecule has 0 saturated carbocycles. The SMILES string of the molecule is O=C(CSc1nc2ccc(Cl)cc2[nH]1)N1CCC[C@H](c2nc3ccccc3s2)C1. The Labute approximate surface area is 181 Å². The van der Waals surface area contributed by atoms with E-state index in [1.807, 2.05) is 35.2 Å². The Morgan fingerprint density at radius 2 is 2.14 bits per heavy atom. The van der Waals surface area contributed by atoms with E-state index in [0.29, 0.717) is 16.7 Å². The van der Waals surface area contributed by atoms with Gasteiger partial charge in [0.15, 0.2) is 5.16 Å². The van der Waals surface area contributed by atoms with Gasteiger partial charge in [-0.1, -0.05) is 35.5 Å². The Balaban J connectivity index is 1.24. The van der Waals surface area contributed by atoms with E-state index in [0.717, 1.165) is 52.6 Å². The molecular formula is C21H19ClN4OS2. The number of H-pyrrole nitrogens is 1. The molecule has 1 aliphatic heterocycles. The average molecular weight is 443 g/mol. The molecule has 2 aromatic carbocycles. The molecule has 4 aromatic rings. The number of hydrogen-bond acceptors (Lipinski definition) is 5. The summed E-state index contributed by atoms with van der Waals surface area (Å²) >= 11 is 9.22. The highest BCUT2D eigenvalue weighted by molar-refractivity contribution is 7.99. The van der Waals surface area contributed by atoms with E-state index in [1.54, 1.807) is 11.3 Å². The predicted molar refractivity (Wildman–Crippen MR) is 120 cm³/mol. The first-order chi connectivity index (χ1) is 14.2. The number of carbonyl (C=O) groups excluding carboxylic acids is 1. The summed E-state index contributed by atoms with van der Waals surface area (Å²) in [4.78, 5) is 27.4. The molecule has 8 heteroatoms. The molecule has 5 nitrogen and oxygen atoms in total. The Hall–Kier alpha value is -2.09. The Morgan fingerprint density at radius 1 is 1.24 bits per heavy atom. The summed E-state index contributed by atoms with van der Waals surface area (Å²) in [5.41, 5.74) is 2.80. The number of likely N-dealkylation sites (tertiary alicyclic amines) is 1. The zero-order chi connectivity index (χ0) is 19.8. The molecule has 0 radical (unpaired) electrons. The van der Waals surface area contributed by atoms with Gasteiger partial charge in [-0.3, -0.25) is 4.79 Å². The van der Waals surface area contributed by atoms with Crippen molar-refractivity contribution in [3.8, 4) is 0 Å². The molecule has 1 aliphatic rings. The van der Waals surface area contributed by atoms with Gasteiger partial charge in [0.05, 0.1) is 32.0 Å². The number of nitrogens with zero attached hydrogens (tertiary/aromatic N) is 3. The van der Waals surface area contributed by atoms with Gasteiger partial charge < -0.3 is 9.88 Å². The van der Waals surface area contributed by atoms with Crippen LogP contribution in [0.1, 0.15) is 23.8 Å². The molecule has 0 unspecified atom stereocenters. The van der Waals surface area contributed by atoms with Crippen molar-refractivity contribution in [2.75, 3.05) is 18.8 Å². The standard InChI is InChI=1S/C21H19ClN4OS2/c22-14-7-8-15-17(10-14)25-21(24-15)28-12-19(27)26-9-3-4-13(11-26)20-23-16-5-1-2-6-18(16)29-20/h1-2,5-8,10,13H,3-4,9,11-12H2,(H,24,25)/t13-/m0/s1. The number of halogens is 1. The summed E-state index contributed by atoms with van der Waals surface area (Å²) in [5, 5.41) is 2.56. The molecular weight excluding hydrogens is 424 g/mol. The van der Waals surface area contributed by atoms with E-state index < -0.39 is 0 Å². The molecule has 0 spiro atoms. The number of hydrogen-bond donors (Lipinski definition) is 1. The number of thioether (sulfide) groups is 1. The number of piperidine rings is 1. The molecule has 2 aromatic heterocycles. The average Bonchev–Trinajstić information content (AvgIpc) is 3.35. The molecule has 1 fully saturated rings. The highest BCUT2D eigenvalue weighted by Crippen LogP contribution is 2.33. The summed E-state index contributed by atoms with van der Waals surface area (Å²) in [5.74, 6) is 0.850. The minimum atomic E-state index is 0.152. The molecule has 3 heterocycles. The van der Waals surface area contributed by atoms with Crippen LogP contribution < -0.4 is 0 Å². The van der Waals surface area contributed by atoms with Gasteiger partial charge >= 0.3 is 0 Å². The molecule has 1 N–H and O–H groups in total. The van der Waals surface area contributed by atoms with E-state index in [4.69, 9.17) is 16.6 Å². The monoisotopic (exact) mass is 442 g/mol. The third-order valence-electron chi connectivity index (χ3n) is 5.19. The van der Waals surface area contributed by atoms with Crippen LogP contribution in [-0.2, 0) is 4.79 Å². The van der Waals surface area contributed by atoms with Gasteiger partial charge in [-0.25, -0.2) is 9.97 Å². The van der Waals surface area contributed by atoms with Crippen LogP contribution in [0.4, 0.5) is 0 Å². The quantitative estimate of drug-likeness (QED) is 0.434. The van der Waals surface area contributed by atoms with E-state index in [-0.39, 0.29) is 5.91 Å². The number of fused-ring (bicyclic) bond motifs is 2. The second-order valence-corrected chi connectivity index (χ2v) is 9.65. The summed E-state index contributed by atoms with van der Waals surface area (Å²) in [6.45, 7) is 1.56. The minimum Gasteiger partial charge on any atom is -0.341 e. The second kappa shape index (κ2) is 7.97. The van der Waals surface area contributed by atoms with Crippen molar-refractivity contribution in [1.82, 2.24) is 19.9 Å². The van der Waals surface area contributed by atoms with Crippen molar-refractivity contribution in [3.05, 3.63) is 52.5 Å². The third kappa shape index (κ3) is 3.99. The highest BCUT2D eigenvalue weighted by Gasteiger charge is 2.27. The summed E-state index contributed by atoms with van der Waals surface area (Å²) < 4.78 is 1.21. The van der Waals surface area contributed by atoms with Gasteiger partial charge in [-0.05, 0) is 43.2 Å². The number of benzene rings is 2. The molecule has 148 valence electrons. The number of aromatic nitrogens is 3. The van der Waals surface area contributed by atoms with Crippen LogP contribution in [-0.4, -0.2) is 44.6 Å². The smallest absolute Gasteiger partial charge is 0.233 e. The van der Waals surface area contributed by atoms with Crippen molar-refractivity contribution in [1.29, 1.82) is 0 Å². The van der Waals surface area contributed by atoms with E-state index in [1.165, 1.54) is 16.5 Å². The number of para-hydroxylation sites is 1. The largest absolute Gasteiger partial charge is 0.341 e. The third-order valence-corrected chi connectivity index (χ3v) is 7.48. The van der Waals surface area contributed by atoms with Crippen LogP contribution in [0.15, 0.2) is 47.6 Å². The van der Waals surface area contributed by atoms with Crippen molar-refractivity contribution in [3.63, 3.8) is 0 Å². The predicted octanol–water partition coefficient (Wildman–Crippen LogP) is 5.32. The lowest BCUT2D eigenvalue weighted by molar-refractivity contribution is -0.129. The molecule has 1 amide bonds. The van der Waals surface area contributed by atoms with Gasteiger partial charge in [0.2, 0.25) is 5.91 Å².